The van der Waals surface area contributed by atoms with Crippen LogP contribution < -0.4 is 10.3 Å². The Morgan fingerprint density at radius 3 is 2.41 bits per heavy atom. The van der Waals surface area contributed by atoms with Crippen molar-refractivity contribution < 1.29 is 9.21 Å². The zero-order valence-corrected chi connectivity index (χ0v) is 19.6. The molecule has 1 aliphatic heterocycles. The summed E-state index contributed by atoms with van der Waals surface area (Å²) >= 11 is 3.44. The van der Waals surface area contributed by atoms with Crippen LogP contribution in [0.15, 0.2) is 80.4 Å². The summed E-state index contributed by atoms with van der Waals surface area (Å²) in [6.45, 7) is 6.26. The molecule has 1 aromatic heterocycles. The molecular weight excluding hydrogens is 466 g/mol. The van der Waals surface area contributed by atoms with Gasteiger partial charge >= 0.3 is 0 Å². The number of carbonyl (C=O) groups is 1. The average Bonchev–Trinajstić information content (AvgIpc) is 3.07. The lowest BCUT2D eigenvalue weighted by Crippen LogP contribution is -2.29. The zero-order chi connectivity index (χ0) is 22.6. The van der Waals surface area contributed by atoms with Gasteiger partial charge in [-0.25, -0.2) is 0 Å². The van der Waals surface area contributed by atoms with Crippen molar-refractivity contribution in [3.8, 4) is 0 Å². The van der Waals surface area contributed by atoms with Gasteiger partial charge in [-0.2, -0.15) is 0 Å². The van der Waals surface area contributed by atoms with Gasteiger partial charge in [0.05, 0.1) is 17.0 Å². The average molecular weight is 488 g/mol. The highest BCUT2D eigenvalue weighted by atomic mass is 79.9. The largest absolute Gasteiger partial charge is 0.450 e. The monoisotopic (exact) mass is 487 g/mol. The number of hydrogen-bond donors (Lipinski definition) is 0. The second kappa shape index (κ2) is 7.75. The molecule has 3 aromatic carbocycles. The predicted octanol–water partition coefficient (Wildman–Crippen LogP) is 6.74. The lowest BCUT2D eigenvalue weighted by molar-refractivity contribution is 0.0971. The first-order valence-corrected chi connectivity index (χ1v) is 11.4. The highest BCUT2D eigenvalue weighted by molar-refractivity contribution is 9.10. The van der Waals surface area contributed by atoms with Gasteiger partial charge in [0.15, 0.2) is 5.43 Å². The molecule has 1 atom stereocenters. The second-order valence-corrected chi connectivity index (χ2v) is 9.47. The van der Waals surface area contributed by atoms with Crippen LogP contribution in [0, 0.1) is 6.92 Å². The Kier molecular flexibility index (Phi) is 5.01. The van der Waals surface area contributed by atoms with Crippen LogP contribution in [0.1, 0.15) is 58.6 Å². The van der Waals surface area contributed by atoms with Crippen LogP contribution in [0.3, 0.4) is 0 Å². The molecule has 0 bridgehead atoms. The van der Waals surface area contributed by atoms with Crippen LogP contribution >= 0.6 is 15.9 Å². The number of rotatable bonds is 3. The summed E-state index contributed by atoms with van der Waals surface area (Å²) in [5, 5.41) is 0.459. The Bertz CT molecular complexity index is 1420. The zero-order valence-electron chi connectivity index (χ0n) is 18.1. The first-order chi connectivity index (χ1) is 15.3. The van der Waals surface area contributed by atoms with Gasteiger partial charge in [0, 0.05) is 10.2 Å². The Morgan fingerprint density at radius 1 is 0.969 bits per heavy atom. The van der Waals surface area contributed by atoms with E-state index in [4.69, 9.17) is 4.42 Å². The van der Waals surface area contributed by atoms with Crippen LogP contribution in [0.25, 0.3) is 11.0 Å². The van der Waals surface area contributed by atoms with E-state index in [1.807, 2.05) is 43.3 Å². The molecule has 0 aliphatic carbocycles. The van der Waals surface area contributed by atoms with E-state index in [9.17, 15) is 9.59 Å². The number of fused-ring (bicyclic) bond motifs is 2. The maximum atomic E-state index is 13.7. The minimum absolute atomic E-state index is 0.115. The molecule has 4 aromatic rings. The highest BCUT2D eigenvalue weighted by Crippen LogP contribution is 2.41. The summed E-state index contributed by atoms with van der Waals surface area (Å²) in [7, 11) is 0. The SMILES string of the molecule is Cc1cccc(N2C(=O)c3oc4ccc(Br)cc4c(=O)c3C2c2ccc(C(C)C)cc2)c1. The molecule has 32 heavy (non-hydrogen) atoms. The summed E-state index contributed by atoms with van der Waals surface area (Å²) in [6, 6.07) is 20.6. The van der Waals surface area contributed by atoms with E-state index in [-0.39, 0.29) is 17.1 Å². The Labute approximate surface area is 194 Å². The van der Waals surface area contributed by atoms with Crippen molar-refractivity contribution in [3.05, 3.63) is 109 Å². The molecule has 5 heteroatoms. The first kappa shape index (κ1) is 20.7. The summed E-state index contributed by atoms with van der Waals surface area (Å²) in [5.41, 5.74) is 4.48. The molecule has 2 heterocycles. The Morgan fingerprint density at radius 2 is 1.72 bits per heavy atom. The maximum absolute atomic E-state index is 13.7. The quantitative estimate of drug-likeness (QED) is 0.321. The fraction of sp³-hybridized carbons (Fsp3) is 0.185. The number of carbonyl (C=O) groups excluding carboxylic acids is 1. The second-order valence-electron chi connectivity index (χ2n) is 8.55. The van der Waals surface area contributed by atoms with Crippen LogP contribution in [0.5, 0.6) is 0 Å². The van der Waals surface area contributed by atoms with Crippen LogP contribution in [0.2, 0.25) is 0 Å². The van der Waals surface area contributed by atoms with Crippen molar-refractivity contribution >= 4 is 38.5 Å². The van der Waals surface area contributed by atoms with E-state index < -0.39 is 6.04 Å². The molecule has 0 spiro atoms. The van der Waals surface area contributed by atoms with Crippen molar-refractivity contribution in [2.24, 2.45) is 0 Å². The van der Waals surface area contributed by atoms with Gasteiger partial charge < -0.3 is 4.42 Å². The summed E-state index contributed by atoms with van der Waals surface area (Å²) < 4.78 is 6.82. The molecule has 160 valence electrons. The molecule has 4 nitrogen and oxygen atoms in total. The third-order valence-electron chi connectivity index (χ3n) is 6.03. The standard InChI is InChI=1S/C27H22BrNO3/c1-15(2)17-7-9-18(10-8-17)24-23-25(30)21-14-19(28)11-12-22(21)32-26(23)27(31)29(24)20-6-4-5-16(3)13-20/h4-15,24H,1-3H3. The van der Waals surface area contributed by atoms with E-state index in [1.165, 1.54) is 5.56 Å². The fourth-order valence-electron chi connectivity index (χ4n) is 4.37. The predicted molar refractivity (Wildman–Crippen MR) is 131 cm³/mol. The molecule has 0 saturated heterocycles. The smallest absolute Gasteiger partial charge is 0.295 e. The minimum Gasteiger partial charge on any atom is -0.450 e. The topological polar surface area (TPSA) is 50.5 Å². The van der Waals surface area contributed by atoms with E-state index in [0.717, 1.165) is 21.3 Å². The van der Waals surface area contributed by atoms with E-state index >= 15 is 0 Å². The van der Waals surface area contributed by atoms with E-state index in [1.54, 1.807) is 23.1 Å². The fourth-order valence-corrected chi connectivity index (χ4v) is 4.73. The normalized spacial score (nSPS) is 15.6. The van der Waals surface area contributed by atoms with Gasteiger partial charge in [0.1, 0.15) is 5.58 Å². The molecular formula is C27H22BrNO3. The molecule has 1 aliphatic rings. The van der Waals surface area contributed by atoms with Gasteiger partial charge in [-0.15, -0.1) is 0 Å². The lowest BCUT2D eigenvalue weighted by atomic mass is 9.95. The van der Waals surface area contributed by atoms with Gasteiger partial charge in [-0.05, 0) is 59.9 Å². The lowest BCUT2D eigenvalue weighted by Gasteiger charge is -2.26. The van der Waals surface area contributed by atoms with Crippen molar-refractivity contribution in [1.82, 2.24) is 0 Å². The molecule has 1 unspecified atom stereocenters. The van der Waals surface area contributed by atoms with Crippen LogP contribution in [-0.2, 0) is 0 Å². The first-order valence-electron chi connectivity index (χ1n) is 10.6. The van der Waals surface area contributed by atoms with E-state index in [0.29, 0.717) is 22.5 Å². The summed E-state index contributed by atoms with van der Waals surface area (Å²) in [5.74, 6) is 0.204. The molecule has 5 rings (SSSR count). The summed E-state index contributed by atoms with van der Waals surface area (Å²) in [4.78, 5) is 29.0. The Hall–Kier alpha value is -3.18. The van der Waals surface area contributed by atoms with Crippen molar-refractivity contribution in [1.29, 1.82) is 0 Å². The molecule has 1 amide bonds. The number of halogens is 1. The molecule has 0 radical (unpaired) electrons. The summed E-state index contributed by atoms with van der Waals surface area (Å²) in [6.07, 6.45) is 0. The van der Waals surface area contributed by atoms with E-state index in [2.05, 4.69) is 41.9 Å². The van der Waals surface area contributed by atoms with Gasteiger partial charge in [-0.3, -0.25) is 14.5 Å². The number of aryl methyl sites for hydroxylation is 1. The third-order valence-corrected chi connectivity index (χ3v) is 6.52. The van der Waals surface area contributed by atoms with Gasteiger partial charge in [-0.1, -0.05) is 66.2 Å². The van der Waals surface area contributed by atoms with Gasteiger partial charge in [0.2, 0.25) is 5.76 Å². The number of benzene rings is 3. The third kappa shape index (κ3) is 3.28. The number of anilines is 1. The number of hydrogen-bond acceptors (Lipinski definition) is 3. The molecule has 0 N–H and O–H groups in total. The maximum Gasteiger partial charge on any atom is 0.295 e. The number of nitrogens with zero attached hydrogens (tertiary/aromatic N) is 1. The van der Waals surface area contributed by atoms with Gasteiger partial charge in [0.25, 0.3) is 5.91 Å². The molecule has 0 saturated carbocycles. The van der Waals surface area contributed by atoms with Crippen molar-refractivity contribution in [3.63, 3.8) is 0 Å². The Balaban J connectivity index is 1.79. The van der Waals surface area contributed by atoms with Crippen LogP contribution in [0.4, 0.5) is 5.69 Å². The minimum atomic E-state index is -0.555. The van der Waals surface area contributed by atoms with Crippen molar-refractivity contribution in [2.45, 2.75) is 32.7 Å². The molecule has 0 fully saturated rings. The van der Waals surface area contributed by atoms with Crippen molar-refractivity contribution in [2.75, 3.05) is 4.90 Å². The number of amides is 1. The highest BCUT2D eigenvalue weighted by Gasteiger charge is 2.43. The van der Waals surface area contributed by atoms with Crippen LogP contribution in [-0.4, -0.2) is 5.91 Å².